The van der Waals surface area contributed by atoms with E-state index >= 15 is 0 Å². The minimum Gasteiger partial charge on any atom is -0.396 e. The van der Waals surface area contributed by atoms with Gasteiger partial charge in [0.2, 0.25) is 10.0 Å². The molecule has 0 amide bonds. The molecular weight excluding hydrogens is 288 g/mol. The third-order valence-electron chi connectivity index (χ3n) is 3.02. The third kappa shape index (κ3) is 4.17. The van der Waals surface area contributed by atoms with Crippen molar-refractivity contribution in [2.75, 3.05) is 17.6 Å². The smallest absolute Gasteiger partial charge is 0.238 e. The molecule has 2 rings (SSSR count). The van der Waals surface area contributed by atoms with Gasteiger partial charge in [0.1, 0.15) is 5.82 Å². The molecule has 112 valence electrons. The molecule has 0 aliphatic rings. The van der Waals surface area contributed by atoms with Gasteiger partial charge in [0.15, 0.2) is 0 Å². The van der Waals surface area contributed by atoms with Crippen molar-refractivity contribution in [3.05, 3.63) is 47.7 Å². The lowest BCUT2D eigenvalue weighted by molar-refractivity contribution is 0.598. The number of hydrogen-bond acceptors (Lipinski definition) is 5. The van der Waals surface area contributed by atoms with Crippen molar-refractivity contribution in [2.24, 2.45) is 5.14 Å². The van der Waals surface area contributed by atoms with Gasteiger partial charge in [-0.3, -0.25) is 0 Å². The summed E-state index contributed by atoms with van der Waals surface area (Å²) < 4.78 is 22.3. The predicted molar refractivity (Wildman–Crippen MR) is 83.4 cm³/mol. The average molecular weight is 306 g/mol. The van der Waals surface area contributed by atoms with E-state index in [0.717, 1.165) is 17.7 Å². The van der Waals surface area contributed by atoms with Crippen molar-refractivity contribution in [3.63, 3.8) is 0 Å². The fourth-order valence-electron chi connectivity index (χ4n) is 1.88. The summed E-state index contributed by atoms with van der Waals surface area (Å²) in [6.07, 6.45) is 0.722. The highest BCUT2D eigenvalue weighted by Gasteiger charge is 2.06. The van der Waals surface area contributed by atoms with Crippen LogP contribution >= 0.6 is 0 Å². The number of rotatable bonds is 5. The fourth-order valence-corrected chi connectivity index (χ4v) is 2.40. The monoisotopic (exact) mass is 306 g/mol. The van der Waals surface area contributed by atoms with Crippen molar-refractivity contribution in [1.29, 1.82) is 0 Å². The highest BCUT2D eigenvalue weighted by atomic mass is 32.2. The molecule has 6 nitrogen and oxygen atoms in total. The van der Waals surface area contributed by atoms with Crippen LogP contribution in [0.5, 0.6) is 0 Å². The second-order valence-electron chi connectivity index (χ2n) is 4.76. The van der Waals surface area contributed by atoms with E-state index in [2.05, 4.69) is 10.3 Å². The van der Waals surface area contributed by atoms with E-state index in [-0.39, 0.29) is 4.90 Å². The Bertz CT molecular complexity index is 727. The Morgan fingerprint density at radius 3 is 2.43 bits per heavy atom. The van der Waals surface area contributed by atoms with Crippen LogP contribution in [-0.4, -0.2) is 19.9 Å². The van der Waals surface area contributed by atoms with Crippen LogP contribution < -0.4 is 16.2 Å². The number of nitrogens with zero attached hydrogens (tertiary/aromatic N) is 1. The van der Waals surface area contributed by atoms with Crippen LogP contribution in [0.25, 0.3) is 0 Å². The zero-order chi connectivity index (χ0) is 15.5. The molecule has 0 bridgehead atoms. The first-order valence-corrected chi connectivity index (χ1v) is 7.99. The maximum Gasteiger partial charge on any atom is 0.238 e. The second kappa shape index (κ2) is 6.11. The zero-order valence-electron chi connectivity index (χ0n) is 11.7. The van der Waals surface area contributed by atoms with Gasteiger partial charge in [-0.1, -0.05) is 12.1 Å². The number of aromatic nitrogens is 1. The van der Waals surface area contributed by atoms with Crippen LogP contribution in [0.15, 0.2) is 41.3 Å². The van der Waals surface area contributed by atoms with E-state index in [1.54, 1.807) is 12.1 Å². The summed E-state index contributed by atoms with van der Waals surface area (Å²) in [5.41, 5.74) is 8.33. The molecule has 7 heteroatoms. The van der Waals surface area contributed by atoms with Gasteiger partial charge in [0.05, 0.1) is 10.6 Å². The highest BCUT2D eigenvalue weighted by molar-refractivity contribution is 7.89. The lowest BCUT2D eigenvalue weighted by Crippen LogP contribution is -2.12. The maximum absolute atomic E-state index is 11.2. The molecule has 0 radical (unpaired) electrons. The van der Waals surface area contributed by atoms with Gasteiger partial charge in [-0.05, 0) is 43.2 Å². The number of anilines is 2. The van der Waals surface area contributed by atoms with E-state index in [1.165, 1.54) is 12.1 Å². The largest absolute Gasteiger partial charge is 0.396 e. The van der Waals surface area contributed by atoms with Crippen LogP contribution in [0.1, 0.15) is 11.3 Å². The van der Waals surface area contributed by atoms with Crippen molar-refractivity contribution >= 4 is 21.5 Å². The lowest BCUT2D eigenvalue weighted by Gasteiger charge is -2.09. The number of hydrogen-bond donors (Lipinski definition) is 3. The molecule has 0 aliphatic heterocycles. The lowest BCUT2D eigenvalue weighted by atomic mass is 10.1. The number of nitrogens with one attached hydrogen (secondary N) is 1. The Morgan fingerprint density at radius 2 is 1.81 bits per heavy atom. The van der Waals surface area contributed by atoms with Crippen LogP contribution in [-0.2, 0) is 16.4 Å². The molecule has 5 N–H and O–H groups in total. The van der Waals surface area contributed by atoms with E-state index in [0.29, 0.717) is 18.1 Å². The Morgan fingerprint density at radius 1 is 1.14 bits per heavy atom. The van der Waals surface area contributed by atoms with Crippen molar-refractivity contribution in [3.8, 4) is 0 Å². The van der Waals surface area contributed by atoms with Gasteiger partial charge in [-0.15, -0.1) is 0 Å². The summed E-state index contributed by atoms with van der Waals surface area (Å²) in [6.45, 7) is 2.55. The van der Waals surface area contributed by atoms with Gasteiger partial charge in [-0.25, -0.2) is 18.5 Å². The third-order valence-corrected chi connectivity index (χ3v) is 3.95. The number of pyridine rings is 1. The maximum atomic E-state index is 11.2. The first kappa shape index (κ1) is 15.3. The summed E-state index contributed by atoms with van der Waals surface area (Å²) in [5, 5.41) is 8.22. The molecule has 1 aromatic heterocycles. The fraction of sp³-hybridized carbons (Fsp3) is 0.214. The first-order valence-electron chi connectivity index (χ1n) is 6.45. The molecule has 0 spiro atoms. The Kier molecular flexibility index (Phi) is 4.44. The van der Waals surface area contributed by atoms with E-state index in [9.17, 15) is 8.42 Å². The topological polar surface area (TPSA) is 111 Å². The van der Waals surface area contributed by atoms with Gasteiger partial charge >= 0.3 is 0 Å². The first-order chi connectivity index (χ1) is 9.86. The average Bonchev–Trinajstić information content (AvgIpc) is 2.42. The number of nitrogens with two attached hydrogens (primary N) is 2. The molecule has 0 saturated carbocycles. The Hall–Kier alpha value is -2.12. The van der Waals surface area contributed by atoms with Crippen LogP contribution in [0, 0.1) is 6.92 Å². The number of benzene rings is 1. The van der Waals surface area contributed by atoms with E-state index < -0.39 is 10.0 Å². The SMILES string of the molecule is Cc1ccc(N)c(NCCc2ccc(S(N)(=O)=O)cc2)n1. The standard InChI is InChI=1S/C14H18N4O2S/c1-10-2-7-13(15)14(18-10)17-9-8-11-3-5-12(6-4-11)21(16,19)20/h2-7H,8-9,15H2,1H3,(H,17,18)(H2,16,19,20). The Labute approximate surface area is 124 Å². The van der Waals surface area contributed by atoms with Crippen LogP contribution in [0.2, 0.25) is 0 Å². The molecule has 0 atom stereocenters. The summed E-state index contributed by atoms with van der Waals surface area (Å²) in [5.74, 6) is 0.663. The molecule has 0 saturated heterocycles. The normalized spacial score (nSPS) is 11.3. The number of aryl methyl sites for hydroxylation is 1. The molecule has 1 heterocycles. The highest BCUT2D eigenvalue weighted by Crippen LogP contribution is 2.15. The van der Waals surface area contributed by atoms with Gasteiger partial charge in [0, 0.05) is 12.2 Å². The summed E-state index contributed by atoms with van der Waals surface area (Å²) >= 11 is 0. The van der Waals surface area contributed by atoms with Crippen molar-refractivity contribution in [2.45, 2.75) is 18.2 Å². The van der Waals surface area contributed by atoms with Crippen LogP contribution in [0.4, 0.5) is 11.5 Å². The number of sulfonamides is 1. The molecular formula is C14H18N4O2S. The van der Waals surface area contributed by atoms with E-state index in [4.69, 9.17) is 10.9 Å². The van der Waals surface area contributed by atoms with Gasteiger partial charge in [-0.2, -0.15) is 0 Å². The zero-order valence-corrected chi connectivity index (χ0v) is 12.5. The number of nitrogen functional groups attached to an aromatic ring is 1. The Balaban J connectivity index is 1.96. The number of primary sulfonamides is 1. The minimum atomic E-state index is -3.64. The molecule has 1 aromatic carbocycles. The van der Waals surface area contributed by atoms with Crippen LogP contribution in [0.3, 0.4) is 0 Å². The molecule has 0 unspecified atom stereocenters. The molecule has 21 heavy (non-hydrogen) atoms. The van der Waals surface area contributed by atoms with Gasteiger partial charge in [0.25, 0.3) is 0 Å². The molecule has 2 aromatic rings. The summed E-state index contributed by atoms with van der Waals surface area (Å²) in [7, 11) is -3.64. The van der Waals surface area contributed by atoms with Crippen molar-refractivity contribution < 1.29 is 8.42 Å². The van der Waals surface area contributed by atoms with Crippen molar-refractivity contribution in [1.82, 2.24) is 4.98 Å². The predicted octanol–water partition coefficient (Wildman–Crippen LogP) is 1.27. The molecule has 0 aliphatic carbocycles. The summed E-state index contributed by atoms with van der Waals surface area (Å²) in [6, 6.07) is 10.2. The second-order valence-corrected chi connectivity index (χ2v) is 6.32. The summed E-state index contributed by atoms with van der Waals surface area (Å²) in [4.78, 5) is 4.43. The quantitative estimate of drug-likeness (QED) is 0.770. The molecule has 0 fully saturated rings. The van der Waals surface area contributed by atoms with E-state index in [1.807, 2.05) is 19.1 Å². The minimum absolute atomic E-state index is 0.115. The van der Waals surface area contributed by atoms with Gasteiger partial charge < -0.3 is 11.1 Å².